The molecule has 4 rings (SSSR count). The lowest BCUT2D eigenvalue weighted by molar-refractivity contribution is -0.124. The van der Waals surface area contributed by atoms with Gasteiger partial charge in [0.15, 0.2) is 11.5 Å². The van der Waals surface area contributed by atoms with Crippen molar-refractivity contribution in [2.24, 2.45) is 11.3 Å². The number of amides is 1. The lowest BCUT2D eigenvalue weighted by atomic mass is 9.91. The maximum atomic E-state index is 12.5. The summed E-state index contributed by atoms with van der Waals surface area (Å²) in [6.45, 7) is 4.04. The largest absolute Gasteiger partial charge is 0.346 e. The van der Waals surface area contributed by atoms with Gasteiger partial charge in [0.1, 0.15) is 0 Å². The number of fused-ring (bicyclic) bond motifs is 1. The van der Waals surface area contributed by atoms with Crippen LogP contribution in [0.25, 0.3) is 5.65 Å². The first-order valence-corrected chi connectivity index (χ1v) is 8.00. The number of aromatic nitrogens is 3. The first-order chi connectivity index (χ1) is 10.7. The zero-order valence-corrected chi connectivity index (χ0v) is 12.7. The molecule has 22 heavy (non-hydrogen) atoms. The third-order valence-corrected chi connectivity index (χ3v) is 5.19. The summed E-state index contributed by atoms with van der Waals surface area (Å²) >= 11 is 0. The SMILES string of the molecule is CC(NC(=O)C1CC12CCNCC2)c1nnc2ccccn12. The summed E-state index contributed by atoms with van der Waals surface area (Å²) in [6, 6.07) is 5.65. The van der Waals surface area contributed by atoms with Crippen LogP contribution in [0.1, 0.15) is 38.1 Å². The van der Waals surface area contributed by atoms with Crippen molar-refractivity contribution in [3.05, 3.63) is 30.2 Å². The van der Waals surface area contributed by atoms with Crippen molar-refractivity contribution < 1.29 is 4.79 Å². The van der Waals surface area contributed by atoms with E-state index in [1.165, 1.54) is 0 Å². The first kappa shape index (κ1) is 13.7. The molecule has 2 N–H and O–H groups in total. The van der Waals surface area contributed by atoms with Gasteiger partial charge in [-0.2, -0.15) is 0 Å². The molecule has 6 heteroatoms. The molecule has 1 spiro atoms. The summed E-state index contributed by atoms with van der Waals surface area (Å²) in [4.78, 5) is 12.5. The fraction of sp³-hybridized carbons (Fsp3) is 0.562. The van der Waals surface area contributed by atoms with Crippen LogP contribution in [0.3, 0.4) is 0 Å². The maximum absolute atomic E-state index is 12.5. The van der Waals surface area contributed by atoms with Gasteiger partial charge in [0.2, 0.25) is 5.91 Å². The second-order valence-corrected chi connectivity index (χ2v) is 6.59. The Kier molecular flexibility index (Phi) is 3.14. The molecule has 3 heterocycles. The van der Waals surface area contributed by atoms with Crippen molar-refractivity contribution in [3.63, 3.8) is 0 Å². The smallest absolute Gasteiger partial charge is 0.224 e. The molecule has 2 aliphatic rings. The van der Waals surface area contributed by atoms with Crippen molar-refractivity contribution in [2.75, 3.05) is 13.1 Å². The molecule has 2 aromatic heterocycles. The molecule has 0 bridgehead atoms. The number of nitrogens with one attached hydrogen (secondary N) is 2. The molecule has 116 valence electrons. The number of rotatable bonds is 3. The predicted octanol–water partition coefficient (Wildman–Crippen LogP) is 1.30. The lowest BCUT2D eigenvalue weighted by Crippen LogP contribution is -2.35. The van der Waals surface area contributed by atoms with Crippen LogP contribution in [0.2, 0.25) is 0 Å². The summed E-state index contributed by atoms with van der Waals surface area (Å²) in [5.41, 5.74) is 1.07. The van der Waals surface area contributed by atoms with Gasteiger partial charge in [0.25, 0.3) is 0 Å². The molecule has 1 aliphatic heterocycles. The minimum atomic E-state index is -0.135. The molecule has 2 fully saturated rings. The summed E-state index contributed by atoms with van der Waals surface area (Å²) in [7, 11) is 0. The fourth-order valence-corrected chi connectivity index (χ4v) is 3.73. The predicted molar refractivity (Wildman–Crippen MR) is 82.2 cm³/mol. The third-order valence-electron chi connectivity index (χ3n) is 5.19. The molecular formula is C16H21N5O. The second-order valence-electron chi connectivity index (χ2n) is 6.59. The van der Waals surface area contributed by atoms with E-state index in [0.717, 1.165) is 43.8 Å². The highest BCUT2D eigenvalue weighted by Crippen LogP contribution is 2.58. The second kappa shape index (κ2) is 5.05. The first-order valence-electron chi connectivity index (χ1n) is 8.00. The molecule has 0 aromatic carbocycles. The van der Waals surface area contributed by atoms with E-state index in [2.05, 4.69) is 20.8 Å². The van der Waals surface area contributed by atoms with Crippen LogP contribution in [0.5, 0.6) is 0 Å². The normalized spacial score (nSPS) is 24.3. The van der Waals surface area contributed by atoms with E-state index >= 15 is 0 Å². The van der Waals surface area contributed by atoms with E-state index in [0.29, 0.717) is 0 Å². The Morgan fingerprint density at radius 1 is 1.41 bits per heavy atom. The third kappa shape index (κ3) is 2.18. The van der Waals surface area contributed by atoms with Crippen LogP contribution >= 0.6 is 0 Å². The Hall–Kier alpha value is -1.95. The minimum absolute atomic E-state index is 0.135. The zero-order valence-electron chi connectivity index (χ0n) is 12.7. The Bertz CT molecular complexity index is 703. The number of hydrogen-bond donors (Lipinski definition) is 2. The van der Waals surface area contributed by atoms with Crippen molar-refractivity contribution in [3.8, 4) is 0 Å². The summed E-state index contributed by atoms with van der Waals surface area (Å²) < 4.78 is 1.93. The lowest BCUT2D eigenvalue weighted by Gasteiger charge is -2.23. The monoisotopic (exact) mass is 299 g/mol. The molecule has 1 aliphatic carbocycles. The van der Waals surface area contributed by atoms with Crippen molar-refractivity contribution in [2.45, 2.75) is 32.2 Å². The average Bonchev–Trinajstić information content (AvgIpc) is 3.05. The summed E-state index contributed by atoms with van der Waals surface area (Å²) in [6.07, 6.45) is 5.20. The van der Waals surface area contributed by atoms with E-state index in [-0.39, 0.29) is 23.3 Å². The Balaban J connectivity index is 1.46. The number of pyridine rings is 1. The van der Waals surface area contributed by atoms with Crippen LogP contribution in [-0.4, -0.2) is 33.6 Å². The van der Waals surface area contributed by atoms with E-state index < -0.39 is 0 Å². The fourth-order valence-electron chi connectivity index (χ4n) is 3.73. The molecule has 2 atom stereocenters. The van der Waals surface area contributed by atoms with Crippen molar-refractivity contribution in [1.29, 1.82) is 0 Å². The minimum Gasteiger partial charge on any atom is -0.346 e. The highest BCUT2D eigenvalue weighted by atomic mass is 16.2. The van der Waals surface area contributed by atoms with Gasteiger partial charge >= 0.3 is 0 Å². The van der Waals surface area contributed by atoms with Crippen LogP contribution in [0.15, 0.2) is 24.4 Å². The van der Waals surface area contributed by atoms with Crippen LogP contribution in [0, 0.1) is 11.3 Å². The van der Waals surface area contributed by atoms with Gasteiger partial charge in [0, 0.05) is 12.1 Å². The van der Waals surface area contributed by atoms with E-state index in [4.69, 9.17) is 0 Å². The number of hydrogen-bond acceptors (Lipinski definition) is 4. The molecule has 2 unspecified atom stereocenters. The molecule has 6 nitrogen and oxygen atoms in total. The Morgan fingerprint density at radius 3 is 3.05 bits per heavy atom. The Labute approximate surface area is 129 Å². The van der Waals surface area contributed by atoms with E-state index in [1.54, 1.807) is 0 Å². The number of piperidine rings is 1. The van der Waals surface area contributed by atoms with Crippen LogP contribution < -0.4 is 10.6 Å². The molecule has 1 saturated heterocycles. The number of carbonyl (C=O) groups excluding carboxylic acids is 1. The molecule has 1 saturated carbocycles. The van der Waals surface area contributed by atoms with Crippen LogP contribution in [-0.2, 0) is 4.79 Å². The average molecular weight is 299 g/mol. The number of carbonyl (C=O) groups is 1. The van der Waals surface area contributed by atoms with Gasteiger partial charge < -0.3 is 10.6 Å². The van der Waals surface area contributed by atoms with Gasteiger partial charge in [-0.3, -0.25) is 9.20 Å². The quantitative estimate of drug-likeness (QED) is 0.896. The maximum Gasteiger partial charge on any atom is 0.224 e. The highest BCUT2D eigenvalue weighted by molar-refractivity contribution is 5.83. The molecule has 2 aromatic rings. The van der Waals surface area contributed by atoms with Gasteiger partial charge in [-0.1, -0.05) is 6.07 Å². The van der Waals surface area contributed by atoms with Crippen LogP contribution in [0.4, 0.5) is 0 Å². The Morgan fingerprint density at radius 2 is 2.23 bits per heavy atom. The molecular weight excluding hydrogens is 278 g/mol. The summed E-state index contributed by atoms with van der Waals surface area (Å²) in [5, 5.41) is 14.9. The molecule has 0 radical (unpaired) electrons. The topological polar surface area (TPSA) is 71.3 Å². The van der Waals surface area contributed by atoms with Gasteiger partial charge in [-0.05, 0) is 56.8 Å². The number of nitrogens with zero attached hydrogens (tertiary/aromatic N) is 3. The van der Waals surface area contributed by atoms with Crippen molar-refractivity contribution in [1.82, 2.24) is 25.2 Å². The van der Waals surface area contributed by atoms with E-state index in [1.807, 2.05) is 35.7 Å². The van der Waals surface area contributed by atoms with E-state index in [9.17, 15) is 4.79 Å². The van der Waals surface area contributed by atoms with Gasteiger partial charge in [-0.15, -0.1) is 10.2 Å². The standard InChI is InChI=1S/C16H21N5O/c1-11(14-20-19-13-4-2-3-9-21(13)14)18-15(22)12-10-16(12)5-7-17-8-6-16/h2-4,9,11-12,17H,5-8,10H2,1H3,(H,18,22). The summed E-state index contributed by atoms with van der Waals surface area (Å²) in [5.74, 6) is 1.13. The van der Waals surface area contributed by atoms with Crippen molar-refractivity contribution >= 4 is 11.6 Å². The van der Waals surface area contributed by atoms with Gasteiger partial charge in [-0.25, -0.2) is 0 Å². The zero-order chi connectivity index (χ0) is 15.2. The van der Waals surface area contributed by atoms with Gasteiger partial charge in [0.05, 0.1) is 6.04 Å². The highest BCUT2D eigenvalue weighted by Gasteiger charge is 2.57. The molecule has 1 amide bonds.